The molecule has 2 aromatic heterocycles. The molecule has 1 aliphatic heterocycles. The zero-order chi connectivity index (χ0) is 29.1. The van der Waals surface area contributed by atoms with E-state index in [4.69, 9.17) is 25.8 Å². The Morgan fingerprint density at radius 1 is 1.10 bits per heavy atom. The molecule has 216 valence electrons. The van der Waals surface area contributed by atoms with Gasteiger partial charge in [0, 0.05) is 23.3 Å². The van der Waals surface area contributed by atoms with Crippen molar-refractivity contribution in [1.29, 1.82) is 5.26 Å². The van der Waals surface area contributed by atoms with E-state index >= 15 is 0 Å². The smallest absolute Gasteiger partial charge is 0.163 e. The number of ether oxygens (including phenoxy) is 3. The van der Waals surface area contributed by atoms with Crippen molar-refractivity contribution in [2.45, 2.75) is 32.3 Å². The lowest BCUT2D eigenvalue weighted by atomic mass is 9.58. The quantitative estimate of drug-likeness (QED) is 0.181. The number of anilines is 2. The lowest BCUT2D eigenvalue weighted by Gasteiger charge is -2.50. The summed E-state index contributed by atoms with van der Waals surface area (Å²) in [6.07, 6.45) is 6.52. The number of methoxy groups -OCH3 is 1. The highest BCUT2D eigenvalue weighted by Gasteiger charge is 2.44. The Morgan fingerprint density at radius 3 is 2.67 bits per heavy atom. The van der Waals surface area contributed by atoms with E-state index in [0.29, 0.717) is 62.7 Å². The Balaban J connectivity index is 1.19. The van der Waals surface area contributed by atoms with Crippen molar-refractivity contribution < 1.29 is 14.2 Å². The molecule has 6 rings (SSSR count). The first kappa shape index (κ1) is 28.5. The van der Waals surface area contributed by atoms with Gasteiger partial charge >= 0.3 is 0 Å². The van der Waals surface area contributed by atoms with Gasteiger partial charge in [0.1, 0.15) is 23.0 Å². The third-order valence-electron chi connectivity index (χ3n) is 8.21. The summed E-state index contributed by atoms with van der Waals surface area (Å²) >= 11 is 9.94. The first-order valence-corrected chi connectivity index (χ1v) is 15.2. The minimum atomic E-state index is 0.281. The van der Waals surface area contributed by atoms with Crippen LogP contribution in [0.5, 0.6) is 17.2 Å². The standard InChI is InChI=1S/C32H31BrClN5O3/c1-40-28-12-24-26(13-29(28)41-18-20-14-32(15-20)7-9-36-10-8-32)37-17-21(16-35)31(24)39-22-5-6-27(25(34)11-22)42-19-23-3-2-4-30(33)38-23/h2-6,11-13,17,20,36H,7-10,14-15,18-19H2,1H3,(H,37,39). The molecule has 0 radical (unpaired) electrons. The molecular weight excluding hydrogens is 618 g/mol. The third-order valence-corrected chi connectivity index (χ3v) is 8.94. The molecule has 4 aromatic rings. The number of hydrogen-bond donors (Lipinski definition) is 2. The second kappa shape index (κ2) is 12.3. The number of nitriles is 1. The second-order valence-corrected chi connectivity index (χ2v) is 12.2. The van der Waals surface area contributed by atoms with Crippen LogP contribution in [-0.4, -0.2) is 36.8 Å². The molecule has 1 spiro atoms. The van der Waals surface area contributed by atoms with E-state index in [-0.39, 0.29) is 6.61 Å². The molecule has 2 aliphatic rings. The number of nitrogens with zero attached hydrogens (tertiary/aromatic N) is 3. The van der Waals surface area contributed by atoms with Crippen LogP contribution < -0.4 is 24.8 Å². The van der Waals surface area contributed by atoms with Crippen molar-refractivity contribution in [1.82, 2.24) is 15.3 Å². The lowest BCUT2D eigenvalue weighted by molar-refractivity contribution is -0.00241. The highest BCUT2D eigenvalue weighted by molar-refractivity contribution is 9.10. The topological polar surface area (TPSA) is 101 Å². The van der Waals surface area contributed by atoms with Gasteiger partial charge in [-0.3, -0.25) is 4.98 Å². The number of piperidine rings is 1. The van der Waals surface area contributed by atoms with Crippen LogP contribution in [0.15, 0.2) is 59.3 Å². The Hall–Kier alpha value is -3.58. The Kier molecular flexibility index (Phi) is 8.38. The largest absolute Gasteiger partial charge is 0.493 e. The maximum absolute atomic E-state index is 9.87. The molecule has 0 unspecified atom stereocenters. The number of nitrogens with one attached hydrogen (secondary N) is 2. The fourth-order valence-electron chi connectivity index (χ4n) is 6.07. The van der Waals surface area contributed by atoms with Gasteiger partial charge in [-0.1, -0.05) is 17.7 Å². The fourth-order valence-corrected chi connectivity index (χ4v) is 6.69. The maximum Gasteiger partial charge on any atom is 0.163 e. The van der Waals surface area contributed by atoms with Gasteiger partial charge in [0.05, 0.1) is 41.2 Å². The molecule has 42 heavy (non-hydrogen) atoms. The van der Waals surface area contributed by atoms with Gasteiger partial charge in [0.15, 0.2) is 11.5 Å². The molecule has 2 N–H and O–H groups in total. The molecule has 0 bridgehead atoms. The molecule has 1 aliphatic carbocycles. The third kappa shape index (κ3) is 6.12. The maximum atomic E-state index is 9.87. The SMILES string of the molecule is COc1cc2c(Nc3ccc(OCc4cccc(Br)n4)c(Cl)c3)c(C#N)cnc2cc1OCC1CC2(CCNCC2)C1. The number of benzene rings is 2. The van der Waals surface area contributed by atoms with E-state index in [0.717, 1.165) is 28.8 Å². The molecule has 1 saturated carbocycles. The Labute approximate surface area is 258 Å². The number of pyridine rings is 2. The van der Waals surface area contributed by atoms with Gasteiger partial charge in [0.25, 0.3) is 0 Å². The van der Waals surface area contributed by atoms with Crippen LogP contribution in [0.1, 0.15) is 36.9 Å². The number of rotatable bonds is 9. The number of hydrogen-bond acceptors (Lipinski definition) is 8. The highest BCUT2D eigenvalue weighted by Crippen LogP contribution is 2.52. The first-order valence-electron chi connectivity index (χ1n) is 14.0. The summed E-state index contributed by atoms with van der Waals surface area (Å²) in [6.45, 7) is 3.17. The highest BCUT2D eigenvalue weighted by atomic mass is 79.9. The lowest BCUT2D eigenvalue weighted by Crippen LogP contribution is -2.46. The van der Waals surface area contributed by atoms with Crippen LogP contribution in [0.4, 0.5) is 11.4 Å². The fraction of sp³-hybridized carbons (Fsp3) is 0.344. The molecule has 2 aromatic carbocycles. The molecule has 0 amide bonds. The van der Waals surface area contributed by atoms with Gasteiger partial charge < -0.3 is 24.8 Å². The molecular formula is C32H31BrClN5O3. The molecule has 2 fully saturated rings. The Morgan fingerprint density at radius 2 is 1.93 bits per heavy atom. The zero-order valence-corrected chi connectivity index (χ0v) is 25.6. The van der Waals surface area contributed by atoms with Crippen LogP contribution in [0.2, 0.25) is 5.02 Å². The van der Waals surface area contributed by atoms with Gasteiger partial charge in [0.2, 0.25) is 0 Å². The second-order valence-electron chi connectivity index (χ2n) is 11.0. The number of aromatic nitrogens is 2. The van der Waals surface area contributed by atoms with E-state index in [1.807, 2.05) is 36.4 Å². The summed E-state index contributed by atoms with van der Waals surface area (Å²) in [5.74, 6) is 2.34. The van der Waals surface area contributed by atoms with Crippen LogP contribution in [-0.2, 0) is 6.61 Å². The zero-order valence-electron chi connectivity index (χ0n) is 23.3. The van der Waals surface area contributed by atoms with Crippen molar-refractivity contribution in [2.24, 2.45) is 11.3 Å². The van der Waals surface area contributed by atoms with Crippen molar-refractivity contribution in [2.75, 3.05) is 32.1 Å². The Bertz CT molecular complexity index is 1650. The van der Waals surface area contributed by atoms with E-state index in [1.165, 1.54) is 25.7 Å². The molecule has 3 heterocycles. The molecule has 8 nitrogen and oxygen atoms in total. The monoisotopic (exact) mass is 647 g/mol. The van der Waals surface area contributed by atoms with E-state index in [2.05, 4.69) is 42.6 Å². The minimum Gasteiger partial charge on any atom is -0.493 e. The summed E-state index contributed by atoms with van der Waals surface area (Å²) < 4.78 is 18.6. The average Bonchev–Trinajstić information content (AvgIpc) is 2.98. The van der Waals surface area contributed by atoms with Crippen molar-refractivity contribution in [3.63, 3.8) is 0 Å². The van der Waals surface area contributed by atoms with Crippen molar-refractivity contribution >= 4 is 49.8 Å². The summed E-state index contributed by atoms with van der Waals surface area (Å²) in [5.41, 5.74) is 3.70. The van der Waals surface area contributed by atoms with Crippen LogP contribution >= 0.6 is 27.5 Å². The van der Waals surface area contributed by atoms with Crippen LogP contribution in [0.25, 0.3) is 10.9 Å². The predicted molar refractivity (Wildman–Crippen MR) is 167 cm³/mol. The first-order chi connectivity index (χ1) is 20.4. The molecule has 1 saturated heterocycles. The van der Waals surface area contributed by atoms with E-state index in [9.17, 15) is 5.26 Å². The van der Waals surface area contributed by atoms with Gasteiger partial charge in [-0.15, -0.1) is 0 Å². The summed E-state index contributed by atoms with van der Waals surface area (Å²) in [7, 11) is 1.62. The van der Waals surface area contributed by atoms with Crippen LogP contribution in [0.3, 0.4) is 0 Å². The average molecular weight is 649 g/mol. The normalized spacial score (nSPS) is 16.0. The van der Waals surface area contributed by atoms with Gasteiger partial charge in [-0.25, -0.2) is 4.98 Å². The van der Waals surface area contributed by atoms with Crippen LogP contribution in [0, 0.1) is 22.7 Å². The minimum absolute atomic E-state index is 0.281. The molecule has 10 heteroatoms. The number of fused-ring (bicyclic) bond motifs is 1. The summed E-state index contributed by atoms with van der Waals surface area (Å²) in [6, 6.07) is 17.1. The number of halogens is 2. The van der Waals surface area contributed by atoms with Crippen molar-refractivity contribution in [3.8, 4) is 23.3 Å². The summed E-state index contributed by atoms with van der Waals surface area (Å²) in [5, 5.41) is 17.9. The van der Waals surface area contributed by atoms with Crippen molar-refractivity contribution in [3.05, 3.63) is 75.6 Å². The van der Waals surface area contributed by atoms with E-state index in [1.54, 1.807) is 25.4 Å². The van der Waals surface area contributed by atoms with Gasteiger partial charge in [-0.2, -0.15) is 5.26 Å². The van der Waals surface area contributed by atoms with E-state index < -0.39 is 0 Å². The predicted octanol–water partition coefficient (Wildman–Crippen LogP) is 7.41. The molecule has 0 atom stereocenters. The summed E-state index contributed by atoms with van der Waals surface area (Å²) in [4.78, 5) is 8.93. The van der Waals surface area contributed by atoms with Gasteiger partial charge in [-0.05, 0) is 102 Å².